The van der Waals surface area contributed by atoms with Gasteiger partial charge in [0.2, 0.25) is 100 Å². The number of carboxylic acids is 2. The van der Waals surface area contributed by atoms with Gasteiger partial charge < -0.3 is 125 Å². The number of hydrogen-bond acceptors (Lipinski definition) is 24. The van der Waals surface area contributed by atoms with Crippen LogP contribution in [0.2, 0.25) is 0 Å². The summed E-state index contributed by atoms with van der Waals surface area (Å²) in [7, 11) is 1.50. The molecule has 4 fully saturated rings. The molecule has 0 unspecified atom stereocenters. The number of fused-ring (bicyclic) bond motifs is 9. The predicted molar refractivity (Wildman–Crippen MR) is 479 cm³/mol. The van der Waals surface area contributed by atoms with E-state index in [0.717, 1.165) is 38.3 Å². The van der Waals surface area contributed by atoms with Crippen LogP contribution in [0.4, 0.5) is 0 Å². The van der Waals surface area contributed by atoms with Crippen LogP contribution in [0.25, 0.3) is 21.8 Å². The molecule has 3 aromatic heterocycles. The Hall–Kier alpha value is -12.7. The number of aromatic nitrogens is 4. The molecule has 4 aliphatic heterocycles. The Kier molecular flexibility index (Phi) is 38.2. The van der Waals surface area contributed by atoms with Crippen LogP contribution in [0.3, 0.4) is 0 Å². The highest BCUT2D eigenvalue weighted by Crippen LogP contribution is 2.30. The van der Waals surface area contributed by atoms with Gasteiger partial charge in [0.15, 0.2) is 0 Å². The molecule has 7 heterocycles. The van der Waals surface area contributed by atoms with Crippen LogP contribution in [-0.4, -0.2) is 305 Å². The SMILES string of the molecule is CC(=O)NCCOCCC(=O)N[C@H]1C[C@H]2C(=O)N[C@@H](CC(=O)O)C(=O)N[C@H]3CSSC[C@H](NC(=O)[C@H](Cc4c[nH]c5ccccc45)NC(=O)[C@H](C(C)C)NC(=O)[C@H](CC(C)C)NC(=O)[C@H](CCC(=O)O)NC(=O)CNC(=O)[C@H](CC(C)C)NC(=O)[C@H](Cc4cnc[nH]4)NC(=O)[C@H](Cc4c[nH]c5ccccc45)NC(=O)[C@H](C)NC3=O)C(=O)N[C@@H]([C@@H](C)O)C(=O)N3CCC[C@@H]3C(=O)N2C1. The van der Waals surface area contributed by atoms with Gasteiger partial charge in [-0.3, -0.25) is 91.1 Å². The first-order valence-electron chi connectivity index (χ1n) is 43.8. The summed E-state index contributed by atoms with van der Waals surface area (Å²) in [5.41, 5.74) is 2.39. The van der Waals surface area contributed by atoms with Gasteiger partial charge in [0, 0.05) is 122 Å². The van der Waals surface area contributed by atoms with Crippen molar-refractivity contribution in [2.45, 2.75) is 236 Å². The number of amides is 17. The molecule has 16 atom stereocenters. The van der Waals surface area contributed by atoms with E-state index in [9.17, 15) is 63.3 Å². The quantitative estimate of drug-likeness (QED) is 0.0214. The first-order valence-corrected chi connectivity index (χ1v) is 46.3. The average molecular weight is 1880 g/mol. The van der Waals surface area contributed by atoms with E-state index in [1.165, 1.54) is 26.4 Å². The number of hydrogen-bond donors (Lipinski definition) is 21. The third kappa shape index (κ3) is 29.9. The van der Waals surface area contributed by atoms with Gasteiger partial charge in [0.05, 0.1) is 38.6 Å². The van der Waals surface area contributed by atoms with Crippen molar-refractivity contribution < 1.29 is 111 Å². The van der Waals surface area contributed by atoms with Crippen molar-refractivity contribution in [3.05, 3.63) is 90.3 Å². The van der Waals surface area contributed by atoms with E-state index >= 15 is 43.2 Å². The van der Waals surface area contributed by atoms with Crippen LogP contribution < -0.4 is 79.8 Å². The van der Waals surface area contributed by atoms with Crippen molar-refractivity contribution in [2.75, 3.05) is 50.9 Å². The molecule has 2 bridgehead atoms. The fourth-order valence-electron chi connectivity index (χ4n) is 15.7. The third-order valence-electron chi connectivity index (χ3n) is 22.5. The van der Waals surface area contributed by atoms with Crippen molar-refractivity contribution in [3.63, 3.8) is 0 Å². The number of nitrogens with one attached hydrogen (secondary N) is 18. The third-order valence-corrected chi connectivity index (χ3v) is 24.9. The Labute approximate surface area is 767 Å². The zero-order valence-electron chi connectivity index (χ0n) is 74.7. The zero-order valence-corrected chi connectivity index (χ0v) is 76.3. The smallest absolute Gasteiger partial charge is 0.305 e. The number of benzene rings is 2. The summed E-state index contributed by atoms with van der Waals surface area (Å²) in [6.45, 7) is 12.2. The van der Waals surface area contributed by atoms with Crippen molar-refractivity contribution in [1.82, 2.24) is 109 Å². The molecular formula is C86H119N21O23S2. The van der Waals surface area contributed by atoms with E-state index in [1.54, 1.807) is 102 Å². The zero-order chi connectivity index (χ0) is 96.3. The van der Waals surface area contributed by atoms with Gasteiger partial charge in [-0.15, -0.1) is 0 Å². The van der Waals surface area contributed by atoms with Crippen LogP contribution in [0, 0.1) is 17.8 Å². The first kappa shape index (κ1) is 103. The summed E-state index contributed by atoms with van der Waals surface area (Å²) < 4.78 is 5.51. The minimum absolute atomic E-state index is 0.0408. The van der Waals surface area contributed by atoms with Crippen LogP contribution in [-0.2, 0) is 115 Å². The Morgan fingerprint density at radius 1 is 0.530 bits per heavy atom. The van der Waals surface area contributed by atoms with Crippen molar-refractivity contribution >= 4 is 156 Å². The number of H-pyrrole nitrogens is 3. The lowest BCUT2D eigenvalue weighted by atomic mass is 9.98. The lowest BCUT2D eigenvalue weighted by molar-refractivity contribution is -0.149. The summed E-state index contributed by atoms with van der Waals surface area (Å²) in [6, 6.07) is -10.9. The van der Waals surface area contributed by atoms with Gasteiger partial charge in [-0.05, 0) is 93.4 Å². The summed E-state index contributed by atoms with van der Waals surface area (Å²) >= 11 is 0. The molecule has 0 spiro atoms. The van der Waals surface area contributed by atoms with Gasteiger partial charge in [-0.2, -0.15) is 0 Å². The maximum Gasteiger partial charge on any atom is 0.305 e. The molecule has 17 amide bonds. The number of carbonyl (C=O) groups excluding carboxylic acids is 17. The van der Waals surface area contributed by atoms with E-state index < -0.39 is 253 Å². The van der Waals surface area contributed by atoms with Crippen molar-refractivity contribution in [1.29, 1.82) is 0 Å². The Balaban J connectivity index is 1.14. The lowest BCUT2D eigenvalue weighted by Gasteiger charge is -2.34. The highest BCUT2D eigenvalue weighted by atomic mass is 33.1. The second-order valence-corrected chi connectivity index (χ2v) is 36.9. The highest BCUT2D eigenvalue weighted by molar-refractivity contribution is 8.76. The number of ether oxygens (including phenoxy) is 1. The molecule has 0 radical (unpaired) electrons. The number of aliphatic carboxylic acids is 2. The fourth-order valence-corrected chi connectivity index (χ4v) is 18.0. The maximum absolute atomic E-state index is 15.6. The topological polar surface area (TPSA) is 641 Å². The molecule has 718 valence electrons. The van der Waals surface area contributed by atoms with Gasteiger partial charge >= 0.3 is 11.9 Å². The number of aromatic amines is 3. The maximum atomic E-state index is 15.6. The number of aliphatic hydroxyl groups is 1. The Bertz CT molecular complexity index is 5010. The number of imidazole rings is 1. The first-order chi connectivity index (χ1) is 62.7. The second-order valence-electron chi connectivity index (χ2n) is 34.3. The molecule has 9 rings (SSSR count). The minimum Gasteiger partial charge on any atom is -0.481 e. The van der Waals surface area contributed by atoms with E-state index in [0.29, 0.717) is 32.9 Å². The molecule has 44 nitrogen and oxygen atoms in total. The van der Waals surface area contributed by atoms with Crippen LogP contribution >= 0.6 is 21.6 Å². The number of aliphatic hydroxyl groups excluding tert-OH is 1. The molecule has 46 heteroatoms. The predicted octanol–water partition coefficient (Wildman–Crippen LogP) is -3.15. The van der Waals surface area contributed by atoms with E-state index in [1.807, 2.05) is 0 Å². The second kappa shape index (κ2) is 49.0. The number of carboxylic acid groups (broad SMARTS) is 2. The van der Waals surface area contributed by atoms with Crippen LogP contribution in [0.5, 0.6) is 0 Å². The largest absolute Gasteiger partial charge is 0.481 e. The summed E-state index contributed by atoms with van der Waals surface area (Å²) in [5, 5.41) is 72.1. The monoisotopic (exact) mass is 1880 g/mol. The minimum atomic E-state index is -2.09. The molecule has 2 aromatic carbocycles. The molecular weight excluding hydrogens is 1760 g/mol. The standard InChI is InChI=1S/C86H119N21O23S2/c1-42(2)27-57-74(117)91-37-68(111)95-56(20-21-69(112)113)75(118)98-58(28-43(3)4)80(123)104-71(44(5)6)84(127)101-60(30-49-35-90-55-18-13-11-16-53(49)55)77(120)103-64-40-132-131-39-63(81(124)93-45(7)73(116)96-59(29-48-34-89-54-17-12-10-15-52(48)54)76(119)99-61(78(121)97-57)31-50-36-87-41-92-50)102-79(122)62(33-70(114)115)100-83(126)66-32-51(94-67(110)22-25-130-26-23-88-47(9)109)38-107(66)85(128)65-19-14-24-106(65)86(129)72(46(8)108)105-82(64)125/h10-13,15-18,34-36,41-46,51,56-66,71-72,89-90,108H,14,19-33,37-40H2,1-9H3,(H,87,92)(H,88,109)(H,91,117)(H,93,124)(H,94,110)(H,95,111)(H,96,116)(H,97,121)(H,98,118)(H,99,119)(H,100,126)(H,101,127)(H,102,122)(H,103,120)(H,104,123)(H,105,125)(H,112,113)(H,114,115)/t45-,46+,51-,56-,57-,58-,59-,60-,61-,62-,63-,64-,65+,66-,71-,72-/m0/s1. The molecule has 4 aliphatic rings. The van der Waals surface area contributed by atoms with Gasteiger partial charge in [-0.25, -0.2) is 4.98 Å². The number of para-hydroxylation sites is 2. The van der Waals surface area contributed by atoms with Crippen LogP contribution in [0.1, 0.15) is 137 Å². The molecule has 4 saturated heterocycles. The molecule has 0 saturated carbocycles. The summed E-state index contributed by atoms with van der Waals surface area (Å²) in [5.74, 6) is -22.5. The molecule has 21 N–H and O–H groups in total. The van der Waals surface area contributed by atoms with E-state index in [-0.39, 0.29) is 108 Å². The van der Waals surface area contributed by atoms with Crippen molar-refractivity contribution in [3.8, 4) is 0 Å². The van der Waals surface area contributed by atoms with Gasteiger partial charge in [0.1, 0.15) is 84.6 Å². The van der Waals surface area contributed by atoms with Gasteiger partial charge in [0.25, 0.3) is 0 Å². The molecule has 132 heavy (non-hydrogen) atoms. The van der Waals surface area contributed by atoms with Crippen molar-refractivity contribution in [2.24, 2.45) is 17.8 Å². The number of nitrogens with zero attached hydrogens (tertiary/aromatic N) is 3. The Morgan fingerprint density at radius 2 is 1.05 bits per heavy atom. The van der Waals surface area contributed by atoms with Gasteiger partial charge in [-0.1, -0.05) is 99.5 Å². The molecule has 0 aliphatic carbocycles. The summed E-state index contributed by atoms with van der Waals surface area (Å²) in [6.07, 6.45) is -0.178. The normalized spacial score (nSPS) is 25.6. The Morgan fingerprint density at radius 3 is 1.61 bits per heavy atom. The number of rotatable bonds is 24. The fraction of sp³-hybridized carbons (Fsp3) is 0.558. The van der Waals surface area contributed by atoms with E-state index in [2.05, 4.69) is 99.7 Å². The lowest BCUT2D eigenvalue weighted by Crippen LogP contribution is -2.63. The number of carbonyl (C=O) groups is 19. The average Bonchev–Trinajstić information content (AvgIpc) is 1.64. The van der Waals surface area contributed by atoms with Crippen LogP contribution in [0.15, 0.2) is 73.4 Å². The molecule has 5 aromatic rings. The summed E-state index contributed by atoms with van der Waals surface area (Å²) in [4.78, 5) is 291. The van der Waals surface area contributed by atoms with E-state index in [4.69, 9.17) is 4.74 Å². The highest BCUT2D eigenvalue weighted by Gasteiger charge is 2.49.